The Morgan fingerprint density at radius 1 is 1.44 bits per heavy atom. The maximum atomic E-state index is 11.9. The van der Waals surface area contributed by atoms with Gasteiger partial charge in [0.1, 0.15) is 5.60 Å². The fourth-order valence-electron chi connectivity index (χ4n) is 1.95. The molecule has 1 aromatic rings. The summed E-state index contributed by atoms with van der Waals surface area (Å²) in [5, 5.41) is 0. The SMILES string of the molecule is CC(C)(C)OC(=O)N1CCc2[nH]ccc(=O)c2C1. The van der Waals surface area contributed by atoms with Crippen molar-refractivity contribution in [1.29, 1.82) is 0 Å². The van der Waals surface area contributed by atoms with Gasteiger partial charge in [-0.3, -0.25) is 4.79 Å². The van der Waals surface area contributed by atoms with Gasteiger partial charge < -0.3 is 14.6 Å². The zero-order valence-electron chi connectivity index (χ0n) is 10.9. The van der Waals surface area contributed by atoms with Gasteiger partial charge in [-0.2, -0.15) is 0 Å². The van der Waals surface area contributed by atoms with Gasteiger partial charge in [0.2, 0.25) is 0 Å². The van der Waals surface area contributed by atoms with E-state index in [4.69, 9.17) is 4.74 Å². The molecule has 0 radical (unpaired) electrons. The van der Waals surface area contributed by atoms with E-state index in [1.165, 1.54) is 6.07 Å². The number of fused-ring (bicyclic) bond motifs is 1. The number of rotatable bonds is 0. The predicted molar refractivity (Wildman–Crippen MR) is 67.4 cm³/mol. The molecule has 0 saturated heterocycles. The number of aromatic nitrogens is 1. The van der Waals surface area contributed by atoms with E-state index in [0.29, 0.717) is 25.1 Å². The van der Waals surface area contributed by atoms with Crippen LogP contribution in [0.4, 0.5) is 4.79 Å². The summed E-state index contributed by atoms with van der Waals surface area (Å²) in [4.78, 5) is 28.3. The average molecular weight is 250 g/mol. The zero-order valence-corrected chi connectivity index (χ0v) is 10.9. The Kier molecular flexibility index (Phi) is 3.15. The number of carbonyl (C=O) groups is 1. The lowest BCUT2D eigenvalue weighted by Gasteiger charge is -2.30. The molecule has 0 fully saturated rings. The molecule has 0 spiro atoms. The van der Waals surface area contributed by atoms with Crippen LogP contribution in [0, 0.1) is 0 Å². The Labute approximate surface area is 106 Å². The standard InChI is InChI=1S/C13H18N2O3/c1-13(2,3)18-12(17)15-7-5-10-9(8-15)11(16)4-6-14-10/h4,6H,5,7-8H2,1-3H3,(H,14,16). The number of nitrogens with zero attached hydrogens (tertiary/aromatic N) is 1. The van der Waals surface area contributed by atoms with E-state index in [0.717, 1.165) is 5.69 Å². The summed E-state index contributed by atoms with van der Waals surface area (Å²) in [6.45, 7) is 6.38. The highest BCUT2D eigenvalue weighted by molar-refractivity contribution is 5.68. The van der Waals surface area contributed by atoms with Crippen LogP contribution in [0.3, 0.4) is 0 Å². The molecule has 0 atom stereocenters. The molecule has 2 heterocycles. The highest BCUT2D eigenvalue weighted by Crippen LogP contribution is 2.17. The van der Waals surface area contributed by atoms with Gasteiger partial charge in [-0.05, 0) is 20.8 Å². The van der Waals surface area contributed by atoms with Crippen LogP contribution >= 0.6 is 0 Å². The Morgan fingerprint density at radius 2 is 2.17 bits per heavy atom. The van der Waals surface area contributed by atoms with Crippen LogP contribution in [0.25, 0.3) is 0 Å². The number of pyridine rings is 1. The molecule has 1 aromatic heterocycles. The van der Waals surface area contributed by atoms with Gasteiger partial charge in [-0.1, -0.05) is 0 Å². The van der Waals surface area contributed by atoms with Crippen LogP contribution in [0.1, 0.15) is 32.0 Å². The average Bonchev–Trinajstić information content (AvgIpc) is 2.27. The molecule has 1 amide bonds. The minimum Gasteiger partial charge on any atom is -0.444 e. The van der Waals surface area contributed by atoms with Gasteiger partial charge in [0.25, 0.3) is 0 Å². The van der Waals surface area contributed by atoms with E-state index in [-0.39, 0.29) is 11.5 Å². The highest BCUT2D eigenvalue weighted by atomic mass is 16.6. The van der Waals surface area contributed by atoms with E-state index in [1.807, 2.05) is 20.8 Å². The van der Waals surface area contributed by atoms with Crippen LogP contribution in [-0.2, 0) is 17.7 Å². The Bertz CT molecular complexity index is 514. The first-order chi connectivity index (χ1) is 8.37. The number of hydrogen-bond acceptors (Lipinski definition) is 3. The lowest BCUT2D eigenvalue weighted by Crippen LogP contribution is -2.41. The number of amides is 1. The second kappa shape index (κ2) is 4.48. The van der Waals surface area contributed by atoms with E-state index >= 15 is 0 Å². The van der Waals surface area contributed by atoms with Crippen molar-refractivity contribution in [2.75, 3.05) is 6.54 Å². The number of carbonyl (C=O) groups excluding carboxylic acids is 1. The highest BCUT2D eigenvalue weighted by Gasteiger charge is 2.26. The number of nitrogens with one attached hydrogen (secondary N) is 1. The summed E-state index contributed by atoms with van der Waals surface area (Å²) >= 11 is 0. The molecule has 98 valence electrons. The fourth-order valence-corrected chi connectivity index (χ4v) is 1.95. The number of hydrogen-bond donors (Lipinski definition) is 1. The fraction of sp³-hybridized carbons (Fsp3) is 0.538. The van der Waals surface area contributed by atoms with Gasteiger partial charge in [-0.25, -0.2) is 4.79 Å². The third kappa shape index (κ3) is 2.72. The first-order valence-corrected chi connectivity index (χ1v) is 6.04. The van der Waals surface area contributed by atoms with Crippen molar-refractivity contribution in [2.24, 2.45) is 0 Å². The molecule has 2 rings (SSSR count). The molecule has 5 nitrogen and oxygen atoms in total. The molecule has 0 bridgehead atoms. The molecule has 0 aliphatic carbocycles. The van der Waals surface area contributed by atoms with Gasteiger partial charge in [0.15, 0.2) is 5.43 Å². The Balaban J connectivity index is 2.15. The second-order valence-electron chi connectivity index (χ2n) is 5.45. The van der Waals surface area contributed by atoms with Gasteiger partial charge in [0, 0.05) is 36.5 Å². The molecule has 0 saturated carbocycles. The molecule has 18 heavy (non-hydrogen) atoms. The summed E-state index contributed by atoms with van der Waals surface area (Å²) in [5.74, 6) is 0. The third-order valence-corrected chi connectivity index (χ3v) is 2.79. The van der Waals surface area contributed by atoms with E-state index < -0.39 is 5.60 Å². The van der Waals surface area contributed by atoms with Crippen molar-refractivity contribution in [2.45, 2.75) is 39.3 Å². The monoisotopic (exact) mass is 250 g/mol. The summed E-state index contributed by atoms with van der Waals surface area (Å²) in [6, 6.07) is 1.48. The van der Waals surface area contributed by atoms with E-state index in [1.54, 1.807) is 11.1 Å². The first kappa shape index (κ1) is 12.7. The minimum absolute atomic E-state index is 0.0305. The zero-order chi connectivity index (χ0) is 13.3. The van der Waals surface area contributed by atoms with E-state index in [9.17, 15) is 9.59 Å². The quantitative estimate of drug-likeness (QED) is 0.761. The molecule has 5 heteroatoms. The van der Waals surface area contributed by atoms with E-state index in [2.05, 4.69) is 4.98 Å². The Morgan fingerprint density at radius 3 is 2.83 bits per heavy atom. The smallest absolute Gasteiger partial charge is 0.410 e. The minimum atomic E-state index is -0.513. The van der Waals surface area contributed by atoms with Crippen molar-refractivity contribution in [3.05, 3.63) is 33.7 Å². The molecule has 1 aliphatic heterocycles. The maximum Gasteiger partial charge on any atom is 0.410 e. The van der Waals surface area contributed by atoms with Crippen molar-refractivity contribution < 1.29 is 9.53 Å². The predicted octanol–water partition coefficient (Wildman–Crippen LogP) is 1.67. The molecular weight excluding hydrogens is 232 g/mol. The van der Waals surface area contributed by atoms with Gasteiger partial charge >= 0.3 is 6.09 Å². The van der Waals surface area contributed by atoms with Crippen LogP contribution in [-0.4, -0.2) is 28.1 Å². The van der Waals surface area contributed by atoms with Crippen LogP contribution in [0.2, 0.25) is 0 Å². The van der Waals surface area contributed by atoms with Crippen molar-refractivity contribution in [3.63, 3.8) is 0 Å². The molecule has 0 unspecified atom stereocenters. The third-order valence-electron chi connectivity index (χ3n) is 2.79. The molecule has 1 aliphatic rings. The Hall–Kier alpha value is -1.78. The topological polar surface area (TPSA) is 62.4 Å². The summed E-state index contributed by atoms with van der Waals surface area (Å²) in [7, 11) is 0. The maximum absolute atomic E-state index is 11.9. The second-order valence-corrected chi connectivity index (χ2v) is 5.45. The van der Waals surface area contributed by atoms with Crippen LogP contribution in [0.15, 0.2) is 17.1 Å². The van der Waals surface area contributed by atoms with Crippen molar-refractivity contribution in [1.82, 2.24) is 9.88 Å². The lowest BCUT2D eigenvalue weighted by molar-refractivity contribution is 0.0222. The van der Waals surface area contributed by atoms with Crippen molar-refractivity contribution >= 4 is 6.09 Å². The van der Waals surface area contributed by atoms with Gasteiger partial charge in [0.05, 0.1) is 6.54 Å². The summed E-state index contributed by atoms with van der Waals surface area (Å²) in [5.41, 5.74) is 1.04. The largest absolute Gasteiger partial charge is 0.444 e. The number of H-pyrrole nitrogens is 1. The lowest BCUT2D eigenvalue weighted by atomic mass is 10.1. The molecule has 0 aromatic carbocycles. The first-order valence-electron chi connectivity index (χ1n) is 6.04. The summed E-state index contributed by atoms with van der Waals surface area (Å²) in [6.07, 6.45) is 1.94. The van der Waals surface area contributed by atoms with Crippen LogP contribution < -0.4 is 5.43 Å². The number of aromatic amines is 1. The molecule has 1 N–H and O–H groups in total. The van der Waals surface area contributed by atoms with Crippen LogP contribution in [0.5, 0.6) is 0 Å². The normalized spacial score (nSPS) is 15.2. The number of ether oxygens (including phenoxy) is 1. The van der Waals surface area contributed by atoms with Crippen molar-refractivity contribution in [3.8, 4) is 0 Å². The molecular formula is C13H18N2O3. The summed E-state index contributed by atoms with van der Waals surface area (Å²) < 4.78 is 5.31. The van der Waals surface area contributed by atoms with Gasteiger partial charge in [-0.15, -0.1) is 0 Å².